The van der Waals surface area contributed by atoms with E-state index in [1.54, 1.807) is 0 Å². The Hall–Kier alpha value is -0.310. The normalized spacial score (nSPS) is 16.2. The average molecular weight is 272 g/mol. The topological polar surface area (TPSA) is 34.1 Å². The molecule has 18 heavy (non-hydrogen) atoms. The summed E-state index contributed by atoms with van der Waals surface area (Å²) in [6.07, 6.45) is 0.487. The summed E-state index contributed by atoms with van der Waals surface area (Å²) in [5.74, 6) is 0.273. The summed E-state index contributed by atoms with van der Waals surface area (Å²) in [7, 11) is 0. The van der Waals surface area contributed by atoms with Gasteiger partial charge < -0.3 is 0 Å². The molecule has 0 aromatic rings. The molecule has 2 atom stereocenters. The highest BCUT2D eigenvalue weighted by Crippen LogP contribution is 2.31. The largest absolute Gasteiger partial charge is 0.299 e. The molecule has 0 aromatic carbocycles. The van der Waals surface area contributed by atoms with E-state index in [1.807, 2.05) is 55.4 Å². The van der Waals surface area contributed by atoms with Gasteiger partial charge in [-0.15, -0.1) is 0 Å². The van der Waals surface area contributed by atoms with Crippen LogP contribution in [-0.4, -0.2) is 15.6 Å². The van der Waals surface area contributed by atoms with Crippen LogP contribution >= 0.6 is 11.8 Å². The van der Waals surface area contributed by atoms with Gasteiger partial charge in [-0.3, -0.25) is 9.59 Å². The van der Waals surface area contributed by atoms with Crippen molar-refractivity contribution in [3.8, 4) is 0 Å². The summed E-state index contributed by atoms with van der Waals surface area (Å²) in [6.45, 7) is 15.8. The molecular weight excluding hydrogens is 244 g/mol. The average Bonchev–Trinajstić information content (AvgIpc) is 2.11. The third-order valence-electron chi connectivity index (χ3n) is 2.98. The van der Waals surface area contributed by atoms with Crippen LogP contribution in [0.5, 0.6) is 0 Å². The molecule has 0 heterocycles. The molecule has 0 aromatic heterocycles. The van der Waals surface area contributed by atoms with Crippen molar-refractivity contribution in [2.24, 2.45) is 17.3 Å². The molecule has 0 saturated carbocycles. The van der Waals surface area contributed by atoms with Crippen LogP contribution in [0.3, 0.4) is 0 Å². The van der Waals surface area contributed by atoms with Crippen LogP contribution in [0.4, 0.5) is 0 Å². The molecule has 0 saturated heterocycles. The van der Waals surface area contributed by atoms with Gasteiger partial charge in [-0.2, -0.15) is 0 Å². The van der Waals surface area contributed by atoms with Crippen LogP contribution in [0.15, 0.2) is 0 Å². The van der Waals surface area contributed by atoms with Crippen LogP contribution in [0.25, 0.3) is 0 Å². The van der Waals surface area contributed by atoms with Gasteiger partial charge in [0.15, 0.2) is 5.12 Å². The lowest BCUT2D eigenvalue weighted by molar-refractivity contribution is -0.127. The Morgan fingerprint density at radius 1 is 1.00 bits per heavy atom. The first kappa shape index (κ1) is 17.7. The summed E-state index contributed by atoms with van der Waals surface area (Å²) in [4.78, 5) is 24.1. The lowest BCUT2D eigenvalue weighted by atomic mass is 9.82. The van der Waals surface area contributed by atoms with E-state index >= 15 is 0 Å². The van der Waals surface area contributed by atoms with Gasteiger partial charge >= 0.3 is 0 Å². The van der Waals surface area contributed by atoms with Gasteiger partial charge in [0.05, 0.1) is 0 Å². The third kappa shape index (κ3) is 6.58. The lowest BCUT2D eigenvalue weighted by Gasteiger charge is -2.25. The molecule has 0 amide bonds. The molecule has 0 fully saturated rings. The third-order valence-corrected chi connectivity index (χ3v) is 4.16. The highest BCUT2D eigenvalue weighted by atomic mass is 32.2. The van der Waals surface area contributed by atoms with E-state index in [4.69, 9.17) is 0 Å². The number of carbonyl (C=O) groups excluding carboxylic acids is 2. The van der Waals surface area contributed by atoms with Crippen molar-refractivity contribution in [1.82, 2.24) is 0 Å². The minimum atomic E-state index is -0.311. The monoisotopic (exact) mass is 272 g/mol. The zero-order valence-electron chi connectivity index (χ0n) is 13.1. The number of hydrogen-bond acceptors (Lipinski definition) is 3. The molecule has 0 unspecified atom stereocenters. The second-order valence-electron chi connectivity index (χ2n) is 7.18. The standard InChI is InChI=1S/C15H28O2S/c1-10(9-12(16)14(3,4)5)11(2)13(17)18-15(6,7)8/h10-11H,9H2,1-8H3/t10-,11-/m1/s1. The number of hydrogen-bond donors (Lipinski definition) is 0. The van der Waals surface area contributed by atoms with E-state index in [1.165, 1.54) is 11.8 Å². The van der Waals surface area contributed by atoms with Gasteiger partial charge in [-0.05, 0) is 5.92 Å². The first-order chi connectivity index (χ1) is 7.84. The maximum atomic E-state index is 12.1. The molecule has 0 radical (unpaired) electrons. The van der Waals surface area contributed by atoms with Gasteiger partial charge in [-0.1, -0.05) is 67.2 Å². The van der Waals surface area contributed by atoms with Crippen LogP contribution < -0.4 is 0 Å². The molecule has 2 nitrogen and oxygen atoms in total. The second kappa shape index (κ2) is 6.23. The molecule has 0 bridgehead atoms. The van der Waals surface area contributed by atoms with Crippen LogP contribution in [0.2, 0.25) is 0 Å². The van der Waals surface area contributed by atoms with Crippen molar-refractivity contribution in [2.75, 3.05) is 0 Å². The first-order valence-electron chi connectivity index (χ1n) is 6.61. The van der Waals surface area contributed by atoms with Gasteiger partial charge in [0, 0.05) is 22.5 Å². The minimum absolute atomic E-state index is 0.0564. The van der Waals surface area contributed by atoms with E-state index in [0.717, 1.165) is 0 Å². The van der Waals surface area contributed by atoms with E-state index in [0.29, 0.717) is 6.42 Å². The van der Waals surface area contributed by atoms with Crippen LogP contribution in [-0.2, 0) is 9.59 Å². The Morgan fingerprint density at radius 2 is 1.44 bits per heavy atom. The molecule has 3 heteroatoms. The molecular formula is C15H28O2S. The Bertz CT molecular complexity index is 307. The molecule has 0 rings (SSSR count). The Kier molecular flexibility index (Phi) is 6.12. The van der Waals surface area contributed by atoms with Crippen molar-refractivity contribution in [2.45, 2.75) is 66.6 Å². The van der Waals surface area contributed by atoms with Gasteiger partial charge in [0.25, 0.3) is 0 Å². The predicted molar refractivity (Wildman–Crippen MR) is 79.8 cm³/mol. The summed E-state index contributed by atoms with van der Waals surface area (Å²) in [5.41, 5.74) is -0.311. The van der Waals surface area contributed by atoms with E-state index in [2.05, 4.69) is 0 Å². The highest BCUT2D eigenvalue weighted by Gasteiger charge is 2.29. The lowest BCUT2D eigenvalue weighted by Crippen LogP contribution is -2.27. The first-order valence-corrected chi connectivity index (χ1v) is 7.42. The maximum Gasteiger partial charge on any atom is 0.192 e. The van der Waals surface area contributed by atoms with E-state index in [9.17, 15) is 9.59 Å². The fourth-order valence-electron chi connectivity index (χ4n) is 1.40. The maximum absolute atomic E-state index is 12.1. The molecule has 0 aliphatic heterocycles. The summed E-state index contributed by atoms with van der Waals surface area (Å²) in [6, 6.07) is 0. The molecule has 0 aliphatic rings. The molecule has 0 N–H and O–H groups in total. The van der Waals surface area contributed by atoms with Crippen molar-refractivity contribution in [1.29, 1.82) is 0 Å². The predicted octanol–water partition coefficient (Wildman–Crippen LogP) is 4.32. The molecule has 0 spiro atoms. The number of carbonyl (C=O) groups is 2. The SMILES string of the molecule is C[C@H](CC(=O)C(C)(C)C)[C@@H](C)C(=O)SC(C)(C)C. The van der Waals surface area contributed by atoms with Gasteiger partial charge in [0.1, 0.15) is 5.78 Å². The van der Waals surface area contributed by atoms with E-state index < -0.39 is 0 Å². The summed E-state index contributed by atoms with van der Waals surface area (Å²) in [5, 5.41) is 0.191. The zero-order valence-corrected chi connectivity index (χ0v) is 13.9. The number of rotatable bonds is 4. The number of thioether (sulfide) groups is 1. The fourth-order valence-corrected chi connectivity index (χ4v) is 2.42. The Balaban J connectivity index is 4.48. The van der Waals surface area contributed by atoms with Crippen LogP contribution in [0.1, 0.15) is 61.8 Å². The molecule has 106 valence electrons. The number of Topliss-reactive ketones (excluding diaryl/α,β-unsaturated/α-hetero) is 1. The molecule has 0 aliphatic carbocycles. The van der Waals surface area contributed by atoms with Gasteiger partial charge in [0.2, 0.25) is 0 Å². The van der Waals surface area contributed by atoms with Gasteiger partial charge in [-0.25, -0.2) is 0 Å². The second-order valence-corrected chi connectivity index (χ2v) is 9.01. The van der Waals surface area contributed by atoms with Crippen molar-refractivity contribution in [3.63, 3.8) is 0 Å². The Morgan fingerprint density at radius 3 is 1.78 bits per heavy atom. The van der Waals surface area contributed by atoms with Crippen molar-refractivity contribution >= 4 is 22.7 Å². The number of ketones is 1. The fraction of sp³-hybridized carbons (Fsp3) is 0.867. The van der Waals surface area contributed by atoms with E-state index in [-0.39, 0.29) is 32.9 Å². The summed E-state index contributed by atoms with van der Waals surface area (Å²) < 4.78 is -0.0564. The highest BCUT2D eigenvalue weighted by molar-refractivity contribution is 8.14. The smallest absolute Gasteiger partial charge is 0.192 e. The minimum Gasteiger partial charge on any atom is -0.299 e. The zero-order chi connectivity index (χ0) is 14.7. The quantitative estimate of drug-likeness (QED) is 0.764. The Labute approximate surface area is 116 Å². The van der Waals surface area contributed by atoms with Crippen LogP contribution in [0, 0.1) is 17.3 Å². The van der Waals surface area contributed by atoms with Crippen molar-refractivity contribution < 1.29 is 9.59 Å². The summed E-state index contributed by atoms with van der Waals surface area (Å²) >= 11 is 1.38. The van der Waals surface area contributed by atoms with Crippen molar-refractivity contribution in [3.05, 3.63) is 0 Å².